The molecule has 0 amide bonds. The van der Waals surface area contributed by atoms with Gasteiger partial charge in [0, 0.05) is 6.92 Å². The van der Waals surface area contributed by atoms with Gasteiger partial charge in [-0.15, -0.1) is 0 Å². The first-order chi connectivity index (χ1) is 18.5. The van der Waals surface area contributed by atoms with Gasteiger partial charge in [-0.1, -0.05) is 49.4 Å². The number of thiazole rings is 1. The summed E-state index contributed by atoms with van der Waals surface area (Å²) in [5.41, 5.74) is 3.23. The molecule has 1 aromatic heterocycles. The first-order valence-corrected chi connectivity index (χ1v) is 14.3. The number of ether oxygens (including phenoxy) is 3. The molecule has 0 fully saturated rings. The first kappa shape index (κ1) is 28.8. The number of esters is 2. The van der Waals surface area contributed by atoms with Gasteiger partial charge in [0.15, 0.2) is 16.3 Å². The maximum atomic E-state index is 13.9. The predicted octanol–water partition coefficient (Wildman–Crippen LogP) is 4.46. The Morgan fingerprint density at radius 3 is 2.49 bits per heavy atom. The Morgan fingerprint density at radius 2 is 1.90 bits per heavy atom. The quantitative estimate of drug-likeness (QED) is 0.211. The number of rotatable bonds is 7. The van der Waals surface area contributed by atoms with Crippen LogP contribution in [0.1, 0.15) is 63.3 Å². The predicted molar refractivity (Wildman–Crippen MR) is 158 cm³/mol. The summed E-state index contributed by atoms with van der Waals surface area (Å²) < 4.78 is 18.8. The van der Waals surface area contributed by atoms with Gasteiger partial charge >= 0.3 is 11.9 Å². The van der Waals surface area contributed by atoms with Crippen molar-refractivity contribution < 1.29 is 23.8 Å². The van der Waals surface area contributed by atoms with Gasteiger partial charge in [-0.3, -0.25) is 14.2 Å². The number of halogens is 1. The lowest BCUT2D eigenvalue weighted by Gasteiger charge is -2.25. The molecule has 1 aliphatic rings. The second kappa shape index (κ2) is 11.9. The van der Waals surface area contributed by atoms with Gasteiger partial charge in [-0.2, -0.15) is 0 Å². The summed E-state index contributed by atoms with van der Waals surface area (Å²) in [6.45, 7) is 9.27. The number of carbonyl (C=O) groups is 2. The van der Waals surface area contributed by atoms with Crippen LogP contribution in [-0.2, 0) is 14.3 Å². The van der Waals surface area contributed by atoms with Crippen LogP contribution in [0, 0.1) is 3.57 Å². The molecule has 0 saturated heterocycles. The molecule has 10 heteroatoms. The summed E-state index contributed by atoms with van der Waals surface area (Å²) in [6, 6.07) is 10.8. The lowest BCUT2D eigenvalue weighted by molar-refractivity contribution is -0.139. The van der Waals surface area contributed by atoms with Gasteiger partial charge < -0.3 is 14.2 Å². The van der Waals surface area contributed by atoms with Crippen LogP contribution in [0.5, 0.6) is 11.5 Å². The van der Waals surface area contributed by atoms with Crippen molar-refractivity contribution in [2.75, 3.05) is 13.7 Å². The molecule has 0 unspecified atom stereocenters. The zero-order valence-corrected chi connectivity index (χ0v) is 25.5. The van der Waals surface area contributed by atoms with Crippen LogP contribution in [0.2, 0.25) is 0 Å². The summed E-state index contributed by atoms with van der Waals surface area (Å²) in [6.07, 6.45) is 1.74. The monoisotopic (exact) mass is 660 g/mol. The molecule has 1 atom stereocenters. The molecule has 3 aromatic rings. The number of benzene rings is 2. The van der Waals surface area contributed by atoms with Gasteiger partial charge in [-0.25, -0.2) is 9.79 Å². The third kappa shape index (κ3) is 5.86. The molecule has 0 N–H and O–H groups in total. The van der Waals surface area contributed by atoms with E-state index in [9.17, 15) is 14.4 Å². The zero-order valence-electron chi connectivity index (χ0n) is 22.5. The molecule has 2 heterocycles. The maximum Gasteiger partial charge on any atom is 0.338 e. The number of allylic oxidation sites excluding steroid dienone is 1. The third-order valence-corrected chi connectivity index (χ3v) is 8.02. The summed E-state index contributed by atoms with van der Waals surface area (Å²) >= 11 is 3.30. The topological polar surface area (TPSA) is 96.2 Å². The Kier molecular flexibility index (Phi) is 8.75. The molecule has 1 aliphatic heterocycles. The molecular formula is C29H29IN2O6S. The second-order valence-corrected chi connectivity index (χ2v) is 11.4. The Hall–Kier alpha value is -3.25. The maximum absolute atomic E-state index is 13.9. The van der Waals surface area contributed by atoms with Crippen LogP contribution in [0.15, 0.2) is 57.5 Å². The van der Waals surface area contributed by atoms with Crippen molar-refractivity contribution in [3.8, 4) is 11.5 Å². The van der Waals surface area contributed by atoms with Crippen molar-refractivity contribution in [3.05, 3.63) is 87.6 Å². The smallest absolute Gasteiger partial charge is 0.338 e. The van der Waals surface area contributed by atoms with Crippen LogP contribution < -0.4 is 24.4 Å². The molecule has 0 spiro atoms. The minimum absolute atomic E-state index is 0.211. The number of nitrogens with zero attached hydrogens (tertiary/aromatic N) is 2. The third-order valence-electron chi connectivity index (χ3n) is 6.23. The van der Waals surface area contributed by atoms with Crippen LogP contribution in [0.25, 0.3) is 6.08 Å². The molecule has 0 saturated carbocycles. The Balaban J connectivity index is 1.91. The normalized spacial score (nSPS) is 15.2. The van der Waals surface area contributed by atoms with Crippen molar-refractivity contribution in [3.63, 3.8) is 0 Å². The average Bonchev–Trinajstić information content (AvgIpc) is 3.18. The minimum atomic E-state index is -0.676. The number of fused-ring (bicyclic) bond motifs is 1. The van der Waals surface area contributed by atoms with Gasteiger partial charge in [0.05, 0.1) is 39.1 Å². The van der Waals surface area contributed by atoms with E-state index in [2.05, 4.69) is 41.4 Å². The number of hydrogen-bond acceptors (Lipinski definition) is 8. The van der Waals surface area contributed by atoms with E-state index in [0.29, 0.717) is 47.2 Å². The van der Waals surface area contributed by atoms with Crippen LogP contribution in [-0.4, -0.2) is 30.2 Å². The largest absolute Gasteiger partial charge is 0.493 e. The Morgan fingerprint density at radius 1 is 1.21 bits per heavy atom. The number of aromatic nitrogens is 1. The average molecular weight is 661 g/mol. The molecule has 0 bridgehead atoms. The molecule has 8 nitrogen and oxygen atoms in total. The van der Waals surface area contributed by atoms with Crippen molar-refractivity contribution in [2.24, 2.45) is 4.99 Å². The number of hydrogen-bond donors (Lipinski definition) is 0. The van der Waals surface area contributed by atoms with Crippen molar-refractivity contribution in [2.45, 2.75) is 46.6 Å². The van der Waals surface area contributed by atoms with E-state index in [-0.39, 0.29) is 12.2 Å². The summed E-state index contributed by atoms with van der Waals surface area (Å²) in [5, 5.41) is 0. The lowest BCUT2D eigenvalue weighted by atomic mass is 9.93. The van der Waals surface area contributed by atoms with E-state index in [0.717, 1.165) is 11.1 Å². The fourth-order valence-corrected chi connectivity index (χ4v) is 6.17. The van der Waals surface area contributed by atoms with Gasteiger partial charge in [-0.05, 0) is 77.3 Å². The van der Waals surface area contributed by atoms with Crippen molar-refractivity contribution in [1.82, 2.24) is 4.57 Å². The number of carbonyl (C=O) groups excluding carboxylic acids is 2. The molecule has 204 valence electrons. The Bertz CT molecular complexity index is 1650. The molecule has 0 aliphatic carbocycles. The second-order valence-electron chi connectivity index (χ2n) is 9.25. The van der Waals surface area contributed by atoms with Crippen molar-refractivity contribution in [1.29, 1.82) is 0 Å². The fourth-order valence-electron chi connectivity index (χ4n) is 4.39. The first-order valence-electron chi connectivity index (χ1n) is 12.4. The van der Waals surface area contributed by atoms with Crippen molar-refractivity contribution >= 4 is 51.9 Å². The van der Waals surface area contributed by atoms with E-state index in [1.165, 1.54) is 25.4 Å². The standard InChI is InChI=1S/C29H29IN2O6S/c1-7-37-28(35)24-16(4)31-29-32(25(24)20-10-8-19(9-11-20)15(2)3)27(34)23(39-29)14-18-12-21(30)26(38-17(5)33)22(13-18)36-6/h8-15,25H,7H2,1-6H3/b23-14-/t25-/m1/s1. The highest BCUT2D eigenvalue weighted by atomic mass is 127. The van der Waals surface area contributed by atoms with Gasteiger partial charge in [0.25, 0.3) is 5.56 Å². The highest BCUT2D eigenvalue weighted by molar-refractivity contribution is 14.1. The summed E-state index contributed by atoms with van der Waals surface area (Å²) in [4.78, 5) is 43.6. The molecular weight excluding hydrogens is 631 g/mol. The highest BCUT2D eigenvalue weighted by Gasteiger charge is 2.33. The van der Waals surface area contributed by atoms with Crippen LogP contribution >= 0.6 is 33.9 Å². The molecule has 4 rings (SSSR count). The van der Waals surface area contributed by atoms with Gasteiger partial charge in [0.1, 0.15) is 0 Å². The van der Waals surface area contributed by atoms with E-state index in [4.69, 9.17) is 14.2 Å². The fraction of sp³-hybridized carbons (Fsp3) is 0.310. The van der Waals surface area contributed by atoms with E-state index in [1.807, 2.05) is 24.3 Å². The molecule has 39 heavy (non-hydrogen) atoms. The van der Waals surface area contributed by atoms with Crippen LogP contribution in [0.3, 0.4) is 0 Å². The molecule has 0 radical (unpaired) electrons. The molecule has 2 aromatic carbocycles. The summed E-state index contributed by atoms with van der Waals surface area (Å²) in [7, 11) is 1.49. The SMILES string of the molecule is CCOC(=O)C1=C(C)N=c2s/c(=C\c3cc(I)c(OC(C)=O)c(OC)c3)c(=O)n2[C@@H]1c1ccc(C(C)C)cc1. The van der Waals surface area contributed by atoms with Crippen LogP contribution in [0.4, 0.5) is 0 Å². The lowest BCUT2D eigenvalue weighted by Crippen LogP contribution is -2.39. The Labute approximate surface area is 243 Å². The van der Waals surface area contributed by atoms with E-state index >= 15 is 0 Å². The zero-order chi connectivity index (χ0) is 28.4. The van der Waals surface area contributed by atoms with E-state index < -0.39 is 18.0 Å². The van der Waals surface area contributed by atoms with Gasteiger partial charge in [0.2, 0.25) is 0 Å². The van der Waals surface area contributed by atoms with E-state index in [1.54, 1.807) is 36.6 Å². The minimum Gasteiger partial charge on any atom is -0.493 e. The highest BCUT2D eigenvalue weighted by Crippen LogP contribution is 2.35. The summed E-state index contributed by atoms with van der Waals surface area (Å²) in [5.74, 6) is 0.0890. The number of methoxy groups -OCH3 is 1.